The monoisotopic (exact) mass is 292 g/mol. The van der Waals surface area contributed by atoms with Gasteiger partial charge < -0.3 is 4.90 Å². The summed E-state index contributed by atoms with van der Waals surface area (Å²) in [6.07, 6.45) is 6.96. The van der Waals surface area contributed by atoms with Crippen molar-refractivity contribution in [3.05, 3.63) is 0 Å². The highest BCUT2D eigenvalue weighted by Gasteiger charge is 2.47. The van der Waals surface area contributed by atoms with E-state index in [1.807, 2.05) is 0 Å². The Hall–Kier alpha value is -1.39. The number of amides is 3. The Balaban J connectivity index is 1.67. The third kappa shape index (κ3) is 2.58. The van der Waals surface area contributed by atoms with Gasteiger partial charge in [-0.25, -0.2) is 0 Å². The first-order valence-electron chi connectivity index (χ1n) is 8.28. The van der Waals surface area contributed by atoms with Crippen LogP contribution in [0.2, 0.25) is 0 Å². The van der Waals surface area contributed by atoms with Gasteiger partial charge in [0.1, 0.15) is 0 Å². The van der Waals surface area contributed by atoms with Crippen LogP contribution >= 0.6 is 0 Å². The lowest BCUT2D eigenvalue weighted by molar-refractivity contribution is -0.144. The first-order valence-corrected chi connectivity index (χ1v) is 8.28. The van der Waals surface area contributed by atoms with E-state index < -0.39 is 0 Å². The van der Waals surface area contributed by atoms with Crippen molar-refractivity contribution in [3.8, 4) is 0 Å². The molecule has 0 N–H and O–H groups in total. The molecule has 0 aromatic heterocycles. The Labute approximate surface area is 125 Å². The van der Waals surface area contributed by atoms with Crippen LogP contribution in [0.15, 0.2) is 0 Å². The maximum atomic E-state index is 12.4. The molecule has 0 spiro atoms. The molecular formula is C16H24N2O3. The summed E-state index contributed by atoms with van der Waals surface area (Å²) in [4.78, 5) is 39.7. The topological polar surface area (TPSA) is 57.7 Å². The average molecular weight is 292 g/mol. The number of rotatable bonds is 4. The molecule has 2 bridgehead atoms. The summed E-state index contributed by atoms with van der Waals surface area (Å²) in [6.45, 7) is 2.10. The van der Waals surface area contributed by atoms with Gasteiger partial charge in [-0.2, -0.15) is 0 Å². The molecule has 0 saturated carbocycles. The number of imide groups is 1. The second-order valence-electron chi connectivity index (χ2n) is 6.57. The maximum absolute atomic E-state index is 12.4. The normalized spacial score (nSPS) is 32.1. The number of piperidine rings is 1. The summed E-state index contributed by atoms with van der Waals surface area (Å²) in [5.41, 5.74) is 0. The van der Waals surface area contributed by atoms with Gasteiger partial charge in [-0.3, -0.25) is 19.3 Å². The van der Waals surface area contributed by atoms with Crippen LogP contribution < -0.4 is 0 Å². The van der Waals surface area contributed by atoms with Gasteiger partial charge in [0.25, 0.3) is 0 Å². The fraction of sp³-hybridized carbons (Fsp3) is 0.812. The van der Waals surface area contributed by atoms with Gasteiger partial charge in [-0.05, 0) is 32.1 Å². The quantitative estimate of drug-likeness (QED) is 0.743. The van der Waals surface area contributed by atoms with Crippen LogP contribution in [0.1, 0.15) is 64.7 Å². The second-order valence-corrected chi connectivity index (χ2v) is 6.57. The van der Waals surface area contributed by atoms with Crippen molar-refractivity contribution in [2.45, 2.75) is 82.8 Å². The third-order valence-corrected chi connectivity index (χ3v) is 5.20. The molecular weight excluding hydrogens is 268 g/mol. The first-order chi connectivity index (χ1) is 10.1. The molecule has 0 aliphatic carbocycles. The van der Waals surface area contributed by atoms with Crippen molar-refractivity contribution < 1.29 is 14.4 Å². The standard InChI is InChI=1S/C16H24N2O3/c1-2-3-4-14(19)17-11-5-6-12(17)10-13(9-11)18-15(20)7-8-16(18)21/h11-13H,2-10H2,1H3. The van der Waals surface area contributed by atoms with E-state index in [9.17, 15) is 14.4 Å². The summed E-state index contributed by atoms with van der Waals surface area (Å²) in [5.74, 6) is 0.229. The summed E-state index contributed by atoms with van der Waals surface area (Å²) in [7, 11) is 0. The summed E-state index contributed by atoms with van der Waals surface area (Å²) in [6, 6.07) is 0.499. The molecule has 2 atom stereocenters. The van der Waals surface area contributed by atoms with Gasteiger partial charge in [0.15, 0.2) is 0 Å². The number of hydrogen-bond donors (Lipinski definition) is 0. The van der Waals surface area contributed by atoms with Gasteiger partial charge in [0, 0.05) is 37.4 Å². The molecule has 116 valence electrons. The minimum absolute atomic E-state index is 0.0184. The predicted octanol–water partition coefficient (Wildman–Crippen LogP) is 1.85. The molecule has 3 fully saturated rings. The van der Waals surface area contributed by atoms with Crippen LogP contribution in [0.5, 0.6) is 0 Å². The van der Waals surface area contributed by atoms with Crippen molar-refractivity contribution in [2.24, 2.45) is 0 Å². The fourth-order valence-electron chi connectivity index (χ4n) is 4.22. The van der Waals surface area contributed by atoms with Crippen LogP contribution in [0.25, 0.3) is 0 Å². The van der Waals surface area contributed by atoms with Gasteiger partial charge in [-0.15, -0.1) is 0 Å². The van der Waals surface area contributed by atoms with Crippen LogP contribution in [0.3, 0.4) is 0 Å². The van der Waals surface area contributed by atoms with E-state index in [-0.39, 0.29) is 35.8 Å². The lowest BCUT2D eigenvalue weighted by Crippen LogP contribution is -2.53. The predicted molar refractivity (Wildman–Crippen MR) is 77.3 cm³/mol. The Kier molecular flexibility index (Phi) is 4.00. The van der Waals surface area contributed by atoms with E-state index in [0.717, 1.165) is 38.5 Å². The zero-order valence-corrected chi connectivity index (χ0v) is 12.7. The molecule has 3 rings (SSSR count). The van der Waals surface area contributed by atoms with Crippen molar-refractivity contribution in [1.29, 1.82) is 0 Å². The van der Waals surface area contributed by atoms with Crippen molar-refractivity contribution in [1.82, 2.24) is 9.80 Å². The van der Waals surface area contributed by atoms with Crippen LogP contribution in [-0.4, -0.2) is 45.6 Å². The SMILES string of the molecule is CCCCC(=O)N1C2CCC1CC(N1C(=O)CCC1=O)C2. The summed E-state index contributed by atoms with van der Waals surface area (Å²) < 4.78 is 0. The molecule has 3 aliphatic heterocycles. The smallest absolute Gasteiger partial charge is 0.229 e. The van der Waals surface area contributed by atoms with E-state index in [1.165, 1.54) is 4.90 Å². The molecule has 3 aliphatic rings. The Morgan fingerprint density at radius 3 is 2.14 bits per heavy atom. The molecule has 0 radical (unpaired) electrons. The van der Waals surface area contributed by atoms with Crippen molar-refractivity contribution in [3.63, 3.8) is 0 Å². The second kappa shape index (κ2) is 5.78. The van der Waals surface area contributed by atoms with Crippen LogP contribution in [-0.2, 0) is 14.4 Å². The van der Waals surface area contributed by atoms with Crippen LogP contribution in [0.4, 0.5) is 0 Å². The zero-order valence-electron chi connectivity index (χ0n) is 12.7. The summed E-state index contributed by atoms with van der Waals surface area (Å²) >= 11 is 0. The number of fused-ring (bicyclic) bond motifs is 2. The number of unbranched alkanes of at least 4 members (excludes halogenated alkanes) is 1. The number of hydrogen-bond acceptors (Lipinski definition) is 3. The van der Waals surface area contributed by atoms with Crippen molar-refractivity contribution in [2.75, 3.05) is 0 Å². The minimum atomic E-state index is -0.0184. The molecule has 3 saturated heterocycles. The van der Waals surface area contributed by atoms with Gasteiger partial charge in [0.2, 0.25) is 17.7 Å². The molecule has 0 aromatic carbocycles. The highest BCUT2D eigenvalue weighted by molar-refractivity contribution is 6.02. The molecule has 5 nitrogen and oxygen atoms in total. The van der Waals surface area contributed by atoms with E-state index in [1.54, 1.807) is 0 Å². The number of nitrogens with zero attached hydrogens (tertiary/aromatic N) is 2. The molecule has 0 aromatic rings. The number of carbonyl (C=O) groups is 3. The molecule has 21 heavy (non-hydrogen) atoms. The Morgan fingerprint density at radius 2 is 1.62 bits per heavy atom. The zero-order chi connectivity index (χ0) is 15.0. The number of carbonyl (C=O) groups excluding carboxylic acids is 3. The molecule has 5 heteroatoms. The van der Waals surface area contributed by atoms with E-state index in [2.05, 4.69) is 11.8 Å². The Bertz CT molecular complexity index is 432. The molecule has 2 unspecified atom stereocenters. The first kappa shape index (κ1) is 14.5. The van der Waals surface area contributed by atoms with E-state index in [4.69, 9.17) is 0 Å². The number of likely N-dealkylation sites (tertiary alicyclic amines) is 1. The lowest BCUT2D eigenvalue weighted by Gasteiger charge is -2.41. The van der Waals surface area contributed by atoms with E-state index >= 15 is 0 Å². The maximum Gasteiger partial charge on any atom is 0.229 e. The highest BCUT2D eigenvalue weighted by atomic mass is 16.2. The largest absolute Gasteiger partial charge is 0.337 e. The van der Waals surface area contributed by atoms with Gasteiger partial charge in [0.05, 0.1) is 0 Å². The van der Waals surface area contributed by atoms with Crippen molar-refractivity contribution >= 4 is 17.7 Å². The molecule has 3 amide bonds. The lowest BCUT2D eigenvalue weighted by atomic mass is 9.95. The fourth-order valence-corrected chi connectivity index (χ4v) is 4.22. The average Bonchev–Trinajstić information content (AvgIpc) is 2.93. The minimum Gasteiger partial charge on any atom is -0.337 e. The van der Waals surface area contributed by atoms with Gasteiger partial charge in [-0.1, -0.05) is 13.3 Å². The Morgan fingerprint density at radius 1 is 1.05 bits per heavy atom. The van der Waals surface area contributed by atoms with Crippen LogP contribution in [0, 0.1) is 0 Å². The molecule has 3 heterocycles. The summed E-state index contributed by atoms with van der Waals surface area (Å²) in [5, 5.41) is 0. The third-order valence-electron chi connectivity index (χ3n) is 5.20. The van der Waals surface area contributed by atoms with E-state index in [0.29, 0.717) is 19.3 Å². The van der Waals surface area contributed by atoms with Gasteiger partial charge >= 0.3 is 0 Å². The highest BCUT2D eigenvalue weighted by Crippen LogP contribution is 2.39.